The van der Waals surface area contributed by atoms with Crippen LogP contribution in [0.15, 0.2) is 60.8 Å². The van der Waals surface area contributed by atoms with Crippen LogP contribution in [0.1, 0.15) is 27.9 Å². The zero-order chi connectivity index (χ0) is 34.4. The van der Waals surface area contributed by atoms with Gasteiger partial charge in [-0.25, -0.2) is 23.5 Å². The Morgan fingerprint density at radius 3 is 2.04 bits per heavy atom. The van der Waals surface area contributed by atoms with Crippen LogP contribution in [0, 0.1) is 12.7 Å². The van der Waals surface area contributed by atoms with E-state index < -0.39 is 24.3 Å². The average Bonchev–Trinajstić information content (AvgIpc) is 3.40. The highest BCUT2D eigenvalue weighted by Crippen LogP contribution is 2.28. The van der Waals surface area contributed by atoms with E-state index in [1.165, 1.54) is 12.1 Å². The molecule has 1 atom stereocenters. The fourth-order valence-electron chi connectivity index (χ4n) is 4.17. The molecule has 1 aromatic carbocycles. The number of benzene rings is 1. The summed E-state index contributed by atoms with van der Waals surface area (Å²) >= 11 is 0. The highest BCUT2D eigenvalue weighted by atomic mass is 19.4. The Bertz CT molecular complexity index is 1690. The van der Waals surface area contributed by atoms with Gasteiger partial charge in [0.15, 0.2) is 0 Å². The van der Waals surface area contributed by atoms with E-state index in [0.29, 0.717) is 18.8 Å². The smallest absolute Gasteiger partial charge is 0.475 e. The average molecular weight is 659 g/mol. The molecule has 4 heterocycles. The van der Waals surface area contributed by atoms with E-state index in [1.54, 1.807) is 16.6 Å². The third-order valence-electron chi connectivity index (χ3n) is 6.44. The number of fused-ring (bicyclic) bond motifs is 1. The van der Waals surface area contributed by atoms with Crippen LogP contribution in [-0.4, -0.2) is 96.7 Å². The second kappa shape index (κ2) is 14.3. The predicted octanol–water partition coefficient (Wildman–Crippen LogP) is 4.63. The molecule has 2 N–H and O–H groups in total. The van der Waals surface area contributed by atoms with Gasteiger partial charge in [0.25, 0.3) is 5.91 Å². The van der Waals surface area contributed by atoms with Gasteiger partial charge in [-0.1, -0.05) is 29.5 Å². The molecule has 1 fully saturated rings. The van der Waals surface area contributed by atoms with Gasteiger partial charge in [-0.2, -0.15) is 26.3 Å². The van der Waals surface area contributed by atoms with Crippen molar-refractivity contribution < 1.29 is 55.3 Å². The maximum atomic E-state index is 13.6. The molecule has 0 saturated carbocycles. The largest absolute Gasteiger partial charge is 0.490 e. The number of piperazine rings is 1. The lowest BCUT2D eigenvalue weighted by molar-refractivity contribution is -0.193. The number of aryl methyl sites for hydroxylation is 1. The molecule has 0 bridgehead atoms. The molecule has 0 aliphatic carbocycles. The number of likely N-dealkylation sites (N-methyl/N-ethyl adjacent to an activating group) is 1. The number of amides is 1. The number of hydrogen-bond donors (Lipinski definition) is 2. The Labute approximate surface area is 255 Å². The number of nitrogens with zero attached hydrogens (tertiary/aromatic N) is 6. The van der Waals surface area contributed by atoms with Crippen molar-refractivity contribution in [1.82, 2.24) is 29.6 Å². The Hall–Kier alpha value is -5.13. The quantitative estimate of drug-likeness (QED) is 0.302. The third-order valence-corrected chi connectivity index (χ3v) is 6.44. The number of alkyl halides is 6. The summed E-state index contributed by atoms with van der Waals surface area (Å²) < 4.78 is 78.8. The standard InChI is InChI=1S/C24H23FN6O.2C2HF3O2/c1-16-5-3-8-20(26-16)24(32)30-12-11-29(2)22(15-30)23-21-10-9-18(14-31(21)28-27-23)17-6-4-7-19(25)13-17;2*3-2(4,5)1(6)7/h3-10,13-14,22H,11-12,15H2,1-2H3;2*(H,6,7). The van der Waals surface area contributed by atoms with E-state index in [0.717, 1.165) is 34.6 Å². The van der Waals surface area contributed by atoms with Crippen LogP contribution in [0.3, 0.4) is 0 Å². The number of hydrogen-bond acceptors (Lipinski definition) is 7. The van der Waals surface area contributed by atoms with Gasteiger partial charge in [-0.05, 0) is 49.9 Å². The molecule has 3 aromatic heterocycles. The minimum Gasteiger partial charge on any atom is -0.475 e. The SMILES string of the molecule is Cc1cccc(C(=O)N2CCN(C)C(c3nnn4cc(-c5cccc(F)c5)ccc34)C2)n1.O=C(O)C(F)(F)F.O=C(O)C(F)(F)F. The second-order valence-electron chi connectivity index (χ2n) is 9.75. The van der Waals surface area contributed by atoms with Crippen LogP contribution in [-0.2, 0) is 9.59 Å². The lowest BCUT2D eigenvalue weighted by atomic mass is 10.1. The summed E-state index contributed by atoms with van der Waals surface area (Å²) in [6, 6.07) is 15.8. The lowest BCUT2D eigenvalue weighted by Gasteiger charge is -2.38. The molecule has 246 valence electrons. The fourth-order valence-corrected chi connectivity index (χ4v) is 4.17. The molecule has 46 heavy (non-hydrogen) atoms. The van der Waals surface area contributed by atoms with E-state index in [2.05, 4.69) is 20.2 Å². The van der Waals surface area contributed by atoms with Gasteiger partial charge in [0.05, 0.1) is 11.6 Å². The van der Waals surface area contributed by atoms with E-state index in [4.69, 9.17) is 19.8 Å². The van der Waals surface area contributed by atoms with Crippen molar-refractivity contribution in [3.63, 3.8) is 0 Å². The Morgan fingerprint density at radius 2 is 1.48 bits per heavy atom. The number of rotatable bonds is 3. The molecule has 1 saturated heterocycles. The summed E-state index contributed by atoms with van der Waals surface area (Å²) in [7, 11) is 2.03. The molecular weight excluding hydrogens is 633 g/mol. The number of aromatic nitrogens is 4. The molecule has 0 radical (unpaired) electrons. The molecule has 5 rings (SSSR count). The number of carboxylic acid groups (broad SMARTS) is 2. The molecule has 0 spiro atoms. The van der Waals surface area contributed by atoms with Gasteiger partial charge in [0.1, 0.15) is 17.2 Å². The summed E-state index contributed by atoms with van der Waals surface area (Å²) in [5, 5.41) is 23.0. The number of halogens is 7. The molecule has 1 aliphatic heterocycles. The third kappa shape index (κ3) is 9.19. The first kappa shape index (κ1) is 35.4. The molecule has 11 nitrogen and oxygen atoms in total. The highest BCUT2D eigenvalue weighted by molar-refractivity contribution is 5.92. The first-order valence-corrected chi connectivity index (χ1v) is 13.0. The van der Waals surface area contributed by atoms with Gasteiger partial charge in [0, 0.05) is 37.1 Å². The van der Waals surface area contributed by atoms with Gasteiger partial charge >= 0.3 is 24.3 Å². The highest BCUT2D eigenvalue weighted by Gasteiger charge is 2.39. The summed E-state index contributed by atoms with van der Waals surface area (Å²) in [6.45, 7) is 3.74. The van der Waals surface area contributed by atoms with Crippen molar-refractivity contribution in [2.45, 2.75) is 25.3 Å². The number of aliphatic carboxylic acids is 2. The van der Waals surface area contributed by atoms with Gasteiger partial charge in [-0.3, -0.25) is 9.69 Å². The van der Waals surface area contributed by atoms with Crippen molar-refractivity contribution in [2.75, 3.05) is 26.7 Å². The zero-order valence-electron chi connectivity index (χ0n) is 23.9. The summed E-state index contributed by atoms with van der Waals surface area (Å²) in [4.78, 5) is 39.2. The van der Waals surface area contributed by atoms with Gasteiger partial charge in [0.2, 0.25) is 0 Å². The summed E-state index contributed by atoms with van der Waals surface area (Å²) in [5.41, 5.74) is 4.59. The van der Waals surface area contributed by atoms with Crippen molar-refractivity contribution in [1.29, 1.82) is 0 Å². The van der Waals surface area contributed by atoms with E-state index in [9.17, 15) is 35.5 Å². The van der Waals surface area contributed by atoms with Crippen LogP contribution in [0.25, 0.3) is 16.6 Å². The molecule has 1 amide bonds. The first-order chi connectivity index (χ1) is 21.4. The Morgan fingerprint density at radius 1 is 0.870 bits per heavy atom. The second-order valence-corrected chi connectivity index (χ2v) is 9.75. The van der Waals surface area contributed by atoms with E-state index >= 15 is 0 Å². The number of carbonyl (C=O) groups is 3. The topological polar surface area (TPSA) is 141 Å². The predicted molar refractivity (Wildman–Crippen MR) is 146 cm³/mol. The van der Waals surface area contributed by atoms with Gasteiger partial charge in [-0.15, -0.1) is 5.10 Å². The van der Waals surface area contributed by atoms with Crippen LogP contribution < -0.4 is 0 Å². The Kier molecular flexibility index (Phi) is 11.0. The minimum atomic E-state index is -5.08. The number of carboxylic acids is 2. The maximum Gasteiger partial charge on any atom is 0.490 e. The molecule has 1 unspecified atom stereocenters. The van der Waals surface area contributed by atoms with E-state index in [1.807, 2.05) is 55.4 Å². The van der Waals surface area contributed by atoms with Crippen molar-refractivity contribution in [3.05, 3.63) is 83.7 Å². The maximum absolute atomic E-state index is 13.6. The van der Waals surface area contributed by atoms with Crippen molar-refractivity contribution >= 4 is 23.4 Å². The molecule has 4 aromatic rings. The van der Waals surface area contributed by atoms with E-state index in [-0.39, 0.29) is 17.8 Å². The van der Waals surface area contributed by atoms with Crippen LogP contribution in [0.4, 0.5) is 30.7 Å². The zero-order valence-corrected chi connectivity index (χ0v) is 23.9. The Balaban J connectivity index is 0.000000345. The lowest BCUT2D eigenvalue weighted by Crippen LogP contribution is -2.49. The molecule has 1 aliphatic rings. The van der Waals surface area contributed by atoms with Crippen LogP contribution in [0.2, 0.25) is 0 Å². The number of carbonyl (C=O) groups excluding carboxylic acids is 1. The van der Waals surface area contributed by atoms with Crippen LogP contribution >= 0.6 is 0 Å². The van der Waals surface area contributed by atoms with Crippen molar-refractivity contribution in [3.8, 4) is 11.1 Å². The first-order valence-electron chi connectivity index (χ1n) is 13.0. The fraction of sp³-hybridized carbons (Fsp3) is 0.286. The summed E-state index contributed by atoms with van der Waals surface area (Å²) in [5.74, 6) is -5.87. The molecular formula is C28H25F7N6O5. The minimum absolute atomic E-state index is 0.0725. The van der Waals surface area contributed by atoms with Crippen LogP contribution in [0.5, 0.6) is 0 Å². The molecule has 18 heteroatoms. The van der Waals surface area contributed by atoms with Crippen molar-refractivity contribution in [2.24, 2.45) is 0 Å². The number of pyridine rings is 2. The van der Waals surface area contributed by atoms with Gasteiger partial charge < -0.3 is 15.1 Å². The summed E-state index contributed by atoms with van der Waals surface area (Å²) in [6.07, 6.45) is -8.32. The normalized spacial score (nSPS) is 15.3. The monoisotopic (exact) mass is 658 g/mol.